The number of benzene rings is 2. The fourth-order valence-corrected chi connectivity index (χ4v) is 2.54. The first-order valence-electron chi connectivity index (χ1n) is 7.21. The lowest BCUT2D eigenvalue weighted by atomic mass is 10.0. The molecule has 1 aromatic heterocycles. The van der Waals surface area contributed by atoms with Crippen molar-refractivity contribution in [2.75, 3.05) is 21.3 Å². The Morgan fingerprint density at radius 2 is 1.39 bits per heavy atom. The highest BCUT2D eigenvalue weighted by atomic mass is 16.5. The number of methoxy groups -OCH3 is 3. The van der Waals surface area contributed by atoms with Crippen molar-refractivity contribution in [1.82, 2.24) is 0 Å². The largest absolute Gasteiger partial charge is 0.493 e. The first-order valence-corrected chi connectivity index (χ1v) is 7.21. The Morgan fingerprint density at radius 3 is 1.96 bits per heavy atom. The van der Waals surface area contributed by atoms with Crippen LogP contribution in [0.2, 0.25) is 0 Å². The van der Waals surface area contributed by atoms with Crippen LogP contribution >= 0.6 is 0 Å². The van der Waals surface area contributed by atoms with Gasteiger partial charge >= 0.3 is 0 Å². The number of rotatable bonds is 5. The molecular formula is C19H18O4. The fourth-order valence-electron chi connectivity index (χ4n) is 2.54. The van der Waals surface area contributed by atoms with Crippen molar-refractivity contribution < 1.29 is 18.6 Å². The van der Waals surface area contributed by atoms with Crippen LogP contribution in [-0.4, -0.2) is 21.3 Å². The molecule has 2 aromatic carbocycles. The number of ether oxygens (including phenoxy) is 3. The summed E-state index contributed by atoms with van der Waals surface area (Å²) in [6.07, 6.45) is 1.67. The monoisotopic (exact) mass is 310 g/mol. The van der Waals surface area contributed by atoms with Crippen LogP contribution in [-0.2, 0) is 0 Å². The van der Waals surface area contributed by atoms with E-state index in [0.717, 1.165) is 22.5 Å². The Kier molecular flexibility index (Phi) is 4.24. The molecule has 1 heterocycles. The first kappa shape index (κ1) is 15.0. The average molecular weight is 310 g/mol. The van der Waals surface area contributed by atoms with Crippen molar-refractivity contribution in [3.8, 4) is 39.7 Å². The molecule has 0 atom stereocenters. The van der Waals surface area contributed by atoms with Crippen LogP contribution in [0.3, 0.4) is 0 Å². The van der Waals surface area contributed by atoms with Gasteiger partial charge in [-0.15, -0.1) is 0 Å². The minimum Gasteiger partial charge on any atom is -0.493 e. The predicted molar refractivity (Wildman–Crippen MR) is 89.2 cm³/mol. The highest BCUT2D eigenvalue weighted by Gasteiger charge is 2.14. The molecule has 0 fully saturated rings. The highest BCUT2D eigenvalue weighted by Crippen LogP contribution is 2.41. The molecule has 4 nitrogen and oxygen atoms in total. The first-order chi connectivity index (χ1) is 11.3. The molecule has 0 spiro atoms. The maximum atomic E-state index is 5.47. The molecule has 0 radical (unpaired) electrons. The number of furan rings is 1. The maximum Gasteiger partial charge on any atom is 0.203 e. The summed E-state index contributed by atoms with van der Waals surface area (Å²) in [5, 5.41) is 0. The molecule has 3 aromatic rings. The fraction of sp³-hybridized carbons (Fsp3) is 0.158. The van der Waals surface area contributed by atoms with Gasteiger partial charge in [-0.05, 0) is 41.5 Å². The topological polar surface area (TPSA) is 40.8 Å². The van der Waals surface area contributed by atoms with Gasteiger partial charge in [-0.2, -0.15) is 0 Å². The van der Waals surface area contributed by atoms with Crippen molar-refractivity contribution in [2.24, 2.45) is 0 Å². The summed E-state index contributed by atoms with van der Waals surface area (Å²) in [4.78, 5) is 0. The van der Waals surface area contributed by atoms with Crippen LogP contribution in [0.25, 0.3) is 22.5 Å². The summed E-state index contributed by atoms with van der Waals surface area (Å²) < 4.78 is 21.7. The van der Waals surface area contributed by atoms with Gasteiger partial charge in [0.15, 0.2) is 11.5 Å². The zero-order chi connectivity index (χ0) is 16.2. The van der Waals surface area contributed by atoms with Gasteiger partial charge in [-0.3, -0.25) is 0 Å². The van der Waals surface area contributed by atoms with E-state index in [1.807, 2.05) is 42.5 Å². The Bertz CT molecular complexity index is 766. The Hall–Kier alpha value is -2.88. The van der Waals surface area contributed by atoms with Crippen molar-refractivity contribution in [2.45, 2.75) is 0 Å². The number of hydrogen-bond acceptors (Lipinski definition) is 4. The summed E-state index contributed by atoms with van der Waals surface area (Å²) >= 11 is 0. The maximum absolute atomic E-state index is 5.47. The van der Waals surface area contributed by atoms with E-state index in [2.05, 4.69) is 6.07 Å². The molecule has 0 N–H and O–H groups in total. The molecule has 0 saturated heterocycles. The van der Waals surface area contributed by atoms with Crippen LogP contribution in [0, 0.1) is 0 Å². The van der Waals surface area contributed by atoms with Crippen molar-refractivity contribution in [3.05, 3.63) is 54.8 Å². The molecule has 23 heavy (non-hydrogen) atoms. The van der Waals surface area contributed by atoms with Gasteiger partial charge in [0.25, 0.3) is 0 Å². The third kappa shape index (κ3) is 2.88. The van der Waals surface area contributed by atoms with Gasteiger partial charge in [-0.1, -0.05) is 18.2 Å². The molecule has 0 bridgehead atoms. The average Bonchev–Trinajstić information content (AvgIpc) is 3.15. The summed E-state index contributed by atoms with van der Waals surface area (Å²) in [5.41, 5.74) is 3.03. The minimum atomic E-state index is 0.584. The van der Waals surface area contributed by atoms with Gasteiger partial charge < -0.3 is 18.6 Å². The molecular weight excluding hydrogens is 292 g/mol. The second-order valence-electron chi connectivity index (χ2n) is 4.97. The third-order valence-electron chi connectivity index (χ3n) is 3.67. The van der Waals surface area contributed by atoms with E-state index in [1.54, 1.807) is 27.6 Å². The normalized spacial score (nSPS) is 10.4. The lowest BCUT2D eigenvalue weighted by molar-refractivity contribution is 0.324. The van der Waals surface area contributed by atoms with E-state index >= 15 is 0 Å². The van der Waals surface area contributed by atoms with Crippen LogP contribution in [0.4, 0.5) is 0 Å². The van der Waals surface area contributed by atoms with E-state index in [-0.39, 0.29) is 0 Å². The molecule has 0 aliphatic rings. The summed E-state index contributed by atoms with van der Waals surface area (Å²) in [5.74, 6) is 2.68. The molecule has 0 unspecified atom stereocenters. The second-order valence-corrected chi connectivity index (χ2v) is 4.97. The van der Waals surface area contributed by atoms with E-state index in [0.29, 0.717) is 17.2 Å². The van der Waals surface area contributed by atoms with E-state index in [4.69, 9.17) is 18.6 Å². The Morgan fingerprint density at radius 1 is 0.696 bits per heavy atom. The molecule has 4 heteroatoms. The summed E-state index contributed by atoms with van der Waals surface area (Å²) in [6.45, 7) is 0. The molecule has 0 amide bonds. The smallest absolute Gasteiger partial charge is 0.203 e. The molecule has 3 rings (SSSR count). The number of hydrogen-bond donors (Lipinski definition) is 0. The second kappa shape index (κ2) is 6.48. The van der Waals surface area contributed by atoms with Gasteiger partial charge in [0, 0.05) is 5.56 Å². The predicted octanol–water partition coefficient (Wildman–Crippen LogP) is 4.64. The van der Waals surface area contributed by atoms with Crippen molar-refractivity contribution >= 4 is 0 Å². The standard InChI is InChI=1S/C19H18O4/c1-20-17-11-15(12-18(21-2)19(17)22-3)13-6-4-7-14(10-13)16-8-5-9-23-16/h4-12H,1-3H3. The Balaban J connectivity index is 2.10. The highest BCUT2D eigenvalue weighted by molar-refractivity contribution is 5.75. The minimum absolute atomic E-state index is 0.584. The lowest BCUT2D eigenvalue weighted by Gasteiger charge is -2.14. The van der Waals surface area contributed by atoms with Crippen molar-refractivity contribution in [3.63, 3.8) is 0 Å². The molecule has 118 valence electrons. The lowest BCUT2D eigenvalue weighted by Crippen LogP contribution is -1.95. The summed E-state index contributed by atoms with van der Waals surface area (Å²) in [7, 11) is 4.82. The van der Waals surface area contributed by atoms with E-state index < -0.39 is 0 Å². The molecule has 0 aliphatic carbocycles. The Labute approximate surface area is 135 Å². The third-order valence-corrected chi connectivity index (χ3v) is 3.67. The van der Waals surface area contributed by atoms with Crippen LogP contribution in [0.1, 0.15) is 0 Å². The van der Waals surface area contributed by atoms with Crippen LogP contribution in [0.15, 0.2) is 59.2 Å². The summed E-state index contributed by atoms with van der Waals surface area (Å²) in [6, 6.07) is 15.8. The molecule has 0 saturated carbocycles. The van der Waals surface area contributed by atoms with Crippen LogP contribution in [0.5, 0.6) is 17.2 Å². The van der Waals surface area contributed by atoms with Crippen LogP contribution < -0.4 is 14.2 Å². The zero-order valence-electron chi connectivity index (χ0n) is 13.3. The van der Waals surface area contributed by atoms with Gasteiger partial charge in [0.1, 0.15) is 5.76 Å². The van der Waals surface area contributed by atoms with Gasteiger partial charge in [0.05, 0.1) is 27.6 Å². The quantitative estimate of drug-likeness (QED) is 0.688. The van der Waals surface area contributed by atoms with Crippen molar-refractivity contribution in [1.29, 1.82) is 0 Å². The van der Waals surface area contributed by atoms with E-state index in [1.165, 1.54) is 0 Å². The van der Waals surface area contributed by atoms with E-state index in [9.17, 15) is 0 Å². The SMILES string of the molecule is COc1cc(-c2cccc(-c3ccco3)c2)cc(OC)c1OC. The zero-order valence-corrected chi connectivity index (χ0v) is 13.3. The van der Waals surface area contributed by atoms with Gasteiger partial charge in [-0.25, -0.2) is 0 Å². The molecule has 0 aliphatic heterocycles. The van der Waals surface area contributed by atoms with Gasteiger partial charge in [0.2, 0.25) is 5.75 Å².